The largest absolute Gasteiger partial charge is 0.416 e. The van der Waals surface area contributed by atoms with Crippen LogP contribution in [0.2, 0.25) is 18.1 Å². The second-order valence-electron chi connectivity index (χ2n) is 6.56. The third-order valence-electron chi connectivity index (χ3n) is 4.08. The zero-order valence-electron chi connectivity index (χ0n) is 12.7. The number of hydrogen-bond donors (Lipinski definition) is 1. The normalized spacial score (nSPS) is 14.5. The van der Waals surface area contributed by atoms with Crippen molar-refractivity contribution >= 4 is 8.32 Å². The maximum absolute atomic E-state index is 12.9. The summed E-state index contributed by atoms with van der Waals surface area (Å²) in [7, 11) is -1.76. The van der Waals surface area contributed by atoms with Crippen molar-refractivity contribution in [2.45, 2.75) is 44.8 Å². The summed E-state index contributed by atoms with van der Waals surface area (Å²) < 4.78 is 19.1. The van der Waals surface area contributed by atoms with Crippen LogP contribution in [0, 0.1) is 5.82 Å². The summed E-state index contributed by atoms with van der Waals surface area (Å²) in [5, 5.41) is 0.189. The molecule has 0 radical (unpaired) electrons. The van der Waals surface area contributed by atoms with Gasteiger partial charge in [-0.1, -0.05) is 32.9 Å². The van der Waals surface area contributed by atoms with Crippen LogP contribution >= 0.6 is 0 Å². The SMILES string of the molecule is CC(C)(C)[Si](C)(C)OCC(CN)c1ccc(F)cc1. The van der Waals surface area contributed by atoms with E-state index >= 15 is 0 Å². The quantitative estimate of drug-likeness (QED) is 0.832. The molecule has 0 spiro atoms. The summed E-state index contributed by atoms with van der Waals surface area (Å²) in [5.41, 5.74) is 6.87. The van der Waals surface area contributed by atoms with E-state index in [2.05, 4.69) is 33.9 Å². The van der Waals surface area contributed by atoms with Gasteiger partial charge in [0.2, 0.25) is 0 Å². The Kier molecular flexibility index (Phi) is 5.30. The minimum Gasteiger partial charge on any atom is -0.416 e. The average Bonchev–Trinajstić information content (AvgIpc) is 2.30. The molecule has 108 valence electrons. The Hall–Kier alpha value is -0.713. The summed E-state index contributed by atoms with van der Waals surface area (Å²) in [6, 6.07) is 6.54. The van der Waals surface area contributed by atoms with E-state index in [9.17, 15) is 4.39 Å². The Morgan fingerprint density at radius 2 is 1.74 bits per heavy atom. The van der Waals surface area contributed by atoms with Crippen LogP contribution in [0.1, 0.15) is 32.3 Å². The fraction of sp³-hybridized carbons (Fsp3) is 0.600. The molecule has 0 aliphatic rings. The van der Waals surface area contributed by atoms with Gasteiger partial charge in [-0.3, -0.25) is 0 Å². The summed E-state index contributed by atoms with van der Waals surface area (Å²) in [6.07, 6.45) is 0. The molecule has 1 unspecified atom stereocenters. The van der Waals surface area contributed by atoms with Crippen molar-refractivity contribution in [2.24, 2.45) is 5.73 Å². The topological polar surface area (TPSA) is 35.2 Å². The van der Waals surface area contributed by atoms with Gasteiger partial charge < -0.3 is 10.2 Å². The zero-order valence-corrected chi connectivity index (χ0v) is 13.7. The van der Waals surface area contributed by atoms with Crippen LogP contribution < -0.4 is 5.73 Å². The molecule has 19 heavy (non-hydrogen) atoms. The molecule has 0 saturated heterocycles. The first kappa shape index (κ1) is 16.3. The maximum atomic E-state index is 12.9. The molecule has 0 saturated carbocycles. The molecule has 0 aliphatic heterocycles. The Labute approximate surface area is 117 Å². The van der Waals surface area contributed by atoms with Crippen molar-refractivity contribution in [1.29, 1.82) is 0 Å². The zero-order chi connectivity index (χ0) is 14.7. The molecule has 1 aromatic carbocycles. The van der Waals surface area contributed by atoms with E-state index in [-0.39, 0.29) is 16.8 Å². The Balaban J connectivity index is 2.71. The second-order valence-corrected chi connectivity index (χ2v) is 11.4. The molecular weight excluding hydrogens is 257 g/mol. The van der Waals surface area contributed by atoms with Gasteiger partial charge in [0.15, 0.2) is 8.32 Å². The molecule has 1 aromatic rings. The fourth-order valence-corrected chi connectivity index (χ4v) is 2.61. The number of halogens is 1. The predicted molar refractivity (Wildman–Crippen MR) is 81.3 cm³/mol. The van der Waals surface area contributed by atoms with Gasteiger partial charge in [0.1, 0.15) is 5.82 Å². The molecule has 0 amide bonds. The maximum Gasteiger partial charge on any atom is 0.192 e. The highest BCUT2D eigenvalue weighted by atomic mass is 28.4. The summed E-state index contributed by atoms with van der Waals surface area (Å²) >= 11 is 0. The van der Waals surface area contributed by atoms with E-state index in [0.29, 0.717) is 13.2 Å². The highest BCUT2D eigenvalue weighted by Crippen LogP contribution is 2.37. The van der Waals surface area contributed by atoms with Crippen molar-refractivity contribution in [3.63, 3.8) is 0 Å². The molecule has 0 bridgehead atoms. The molecule has 4 heteroatoms. The molecule has 0 fully saturated rings. The van der Waals surface area contributed by atoms with Crippen LogP contribution in [0.25, 0.3) is 0 Å². The van der Waals surface area contributed by atoms with Gasteiger partial charge in [-0.25, -0.2) is 4.39 Å². The number of nitrogens with two attached hydrogens (primary N) is 1. The minimum absolute atomic E-state index is 0.134. The van der Waals surface area contributed by atoms with Crippen LogP contribution in [-0.4, -0.2) is 21.5 Å². The number of benzene rings is 1. The summed E-state index contributed by atoms with van der Waals surface area (Å²) in [6.45, 7) is 12.2. The van der Waals surface area contributed by atoms with Gasteiger partial charge in [0.25, 0.3) is 0 Å². The van der Waals surface area contributed by atoms with Crippen LogP contribution in [0.5, 0.6) is 0 Å². The summed E-state index contributed by atoms with van der Waals surface area (Å²) in [4.78, 5) is 0. The molecule has 0 aliphatic carbocycles. The van der Waals surface area contributed by atoms with Crippen molar-refractivity contribution in [3.8, 4) is 0 Å². The molecule has 2 nitrogen and oxygen atoms in total. The van der Waals surface area contributed by atoms with Crippen molar-refractivity contribution in [3.05, 3.63) is 35.6 Å². The lowest BCUT2D eigenvalue weighted by molar-refractivity contribution is 0.264. The van der Waals surface area contributed by atoms with Gasteiger partial charge in [-0.05, 0) is 35.8 Å². The average molecular weight is 283 g/mol. The second kappa shape index (κ2) is 6.16. The number of rotatable bonds is 5. The van der Waals surface area contributed by atoms with E-state index in [1.54, 1.807) is 12.1 Å². The Morgan fingerprint density at radius 3 is 2.16 bits per heavy atom. The predicted octanol–water partition coefficient (Wildman–Crippen LogP) is 3.89. The van der Waals surface area contributed by atoms with Crippen LogP contribution in [0.15, 0.2) is 24.3 Å². The first-order chi connectivity index (χ1) is 8.67. The van der Waals surface area contributed by atoms with Gasteiger partial charge in [-0.15, -0.1) is 0 Å². The van der Waals surface area contributed by atoms with E-state index in [1.165, 1.54) is 12.1 Å². The summed E-state index contributed by atoms with van der Waals surface area (Å²) in [5.74, 6) is -0.0837. The van der Waals surface area contributed by atoms with Crippen LogP contribution in [0.3, 0.4) is 0 Å². The van der Waals surface area contributed by atoms with Crippen LogP contribution in [0.4, 0.5) is 4.39 Å². The Morgan fingerprint density at radius 1 is 1.21 bits per heavy atom. The Bertz CT molecular complexity index is 398. The van der Waals surface area contributed by atoms with Crippen molar-refractivity contribution in [1.82, 2.24) is 0 Å². The number of hydrogen-bond acceptors (Lipinski definition) is 2. The molecular formula is C15H26FNOSi. The lowest BCUT2D eigenvalue weighted by Crippen LogP contribution is -2.42. The third-order valence-corrected chi connectivity index (χ3v) is 8.58. The van der Waals surface area contributed by atoms with E-state index < -0.39 is 8.32 Å². The lowest BCUT2D eigenvalue weighted by atomic mass is 10.0. The third kappa shape index (κ3) is 4.40. The smallest absolute Gasteiger partial charge is 0.192 e. The molecule has 1 atom stereocenters. The lowest BCUT2D eigenvalue weighted by Gasteiger charge is -2.37. The van der Waals surface area contributed by atoms with Gasteiger partial charge in [0.05, 0.1) is 0 Å². The first-order valence-electron chi connectivity index (χ1n) is 6.77. The molecule has 1 rings (SSSR count). The van der Waals surface area contributed by atoms with Gasteiger partial charge in [0, 0.05) is 19.1 Å². The fourth-order valence-electron chi connectivity index (χ4n) is 1.56. The van der Waals surface area contributed by atoms with Crippen molar-refractivity contribution in [2.75, 3.05) is 13.2 Å². The van der Waals surface area contributed by atoms with Crippen LogP contribution in [-0.2, 0) is 4.43 Å². The highest BCUT2D eigenvalue weighted by molar-refractivity contribution is 6.74. The standard InChI is InChI=1S/C15H26FNOSi/c1-15(2,3)19(4,5)18-11-13(10-17)12-6-8-14(16)9-7-12/h6-9,13H,10-11,17H2,1-5H3. The van der Waals surface area contributed by atoms with Crippen molar-refractivity contribution < 1.29 is 8.82 Å². The first-order valence-corrected chi connectivity index (χ1v) is 9.67. The molecule has 2 N–H and O–H groups in total. The monoisotopic (exact) mass is 283 g/mol. The van der Waals surface area contributed by atoms with E-state index in [1.807, 2.05) is 0 Å². The minimum atomic E-state index is -1.76. The van der Waals surface area contributed by atoms with Gasteiger partial charge in [-0.2, -0.15) is 0 Å². The van der Waals surface area contributed by atoms with E-state index in [0.717, 1.165) is 5.56 Å². The molecule has 0 aromatic heterocycles. The molecule has 0 heterocycles. The van der Waals surface area contributed by atoms with Gasteiger partial charge >= 0.3 is 0 Å². The van der Waals surface area contributed by atoms with E-state index in [4.69, 9.17) is 10.2 Å². The highest BCUT2D eigenvalue weighted by Gasteiger charge is 2.37.